The summed E-state index contributed by atoms with van der Waals surface area (Å²) in [5.41, 5.74) is 3.08. The molecule has 5 heteroatoms. The fourth-order valence-corrected chi connectivity index (χ4v) is 2.62. The van der Waals surface area contributed by atoms with Gasteiger partial charge in [0.05, 0.1) is 0 Å². The lowest BCUT2D eigenvalue weighted by molar-refractivity contribution is -0.124. The first-order chi connectivity index (χ1) is 11.3. The molecule has 3 rings (SSSR count). The SMILES string of the molecule is O=C(Nc1cccc(CNCc2cccnc2)c1)[C@H]1CCCO1. The van der Waals surface area contributed by atoms with E-state index < -0.39 is 0 Å². The number of carbonyl (C=O) groups excluding carboxylic acids is 1. The fraction of sp³-hybridized carbons (Fsp3) is 0.333. The van der Waals surface area contributed by atoms with Gasteiger partial charge in [-0.25, -0.2) is 0 Å². The molecule has 0 radical (unpaired) electrons. The van der Waals surface area contributed by atoms with Crippen molar-refractivity contribution in [2.24, 2.45) is 0 Å². The molecule has 1 amide bonds. The highest BCUT2D eigenvalue weighted by Gasteiger charge is 2.23. The van der Waals surface area contributed by atoms with Crippen molar-refractivity contribution in [3.05, 3.63) is 59.9 Å². The molecule has 23 heavy (non-hydrogen) atoms. The van der Waals surface area contributed by atoms with Gasteiger partial charge in [-0.1, -0.05) is 18.2 Å². The number of nitrogens with zero attached hydrogens (tertiary/aromatic N) is 1. The van der Waals surface area contributed by atoms with Crippen LogP contribution in [-0.4, -0.2) is 23.6 Å². The van der Waals surface area contributed by atoms with E-state index in [1.165, 1.54) is 0 Å². The second-order valence-electron chi connectivity index (χ2n) is 5.66. The highest BCUT2D eigenvalue weighted by atomic mass is 16.5. The van der Waals surface area contributed by atoms with Crippen LogP contribution in [0.2, 0.25) is 0 Å². The van der Waals surface area contributed by atoms with Crippen molar-refractivity contribution in [1.29, 1.82) is 0 Å². The minimum absolute atomic E-state index is 0.0528. The summed E-state index contributed by atoms with van der Waals surface area (Å²) in [5, 5.41) is 6.31. The van der Waals surface area contributed by atoms with Gasteiger partial charge >= 0.3 is 0 Å². The zero-order valence-electron chi connectivity index (χ0n) is 13.0. The van der Waals surface area contributed by atoms with Crippen LogP contribution in [-0.2, 0) is 22.6 Å². The monoisotopic (exact) mass is 311 g/mol. The second kappa shape index (κ2) is 7.85. The first-order valence-corrected chi connectivity index (χ1v) is 7.92. The Kier molecular flexibility index (Phi) is 5.34. The highest BCUT2D eigenvalue weighted by Crippen LogP contribution is 2.16. The molecule has 1 aromatic heterocycles. The average molecular weight is 311 g/mol. The Hall–Kier alpha value is -2.24. The average Bonchev–Trinajstić information content (AvgIpc) is 3.11. The molecule has 2 aromatic rings. The van der Waals surface area contributed by atoms with Crippen molar-refractivity contribution < 1.29 is 9.53 Å². The van der Waals surface area contributed by atoms with Crippen LogP contribution in [0.3, 0.4) is 0 Å². The molecule has 1 saturated heterocycles. The van der Waals surface area contributed by atoms with Crippen LogP contribution in [0.15, 0.2) is 48.8 Å². The van der Waals surface area contributed by atoms with Crippen LogP contribution in [0.5, 0.6) is 0 Å². The van der Waals surface area contributed by atoms with E-state index in [0.29, 0.717) is 6.61 Å². The maximum atomic E-state index is 12.1. The van der Waals surface area contributed by atoms with Crippen molar-refractivity contribution in [2.45, 2.75) is 32.0 Å². The van der Waals surface area contributed by atoms with Crippen molar-refractivity contribution >= 4 is 11.6 Å². The van der Waals surface area contributed by atoms with E-state index in [2.05, 4.69) is 15.6 Å². The van der Waals surface area contributed by atoms with Gasteiger partial charge in [0.25, 0.3) is 5.91 Å². The zero-order chi connectivity index (χ0) is 15.9. The van der Waals surface area contributed by atoms with E-state index in [1.807, 2.05) is 42.6 Å². The van der Waals surface area contributed by atoms with Gasteiger partial charge < -0.3 is 15.4 Å². The summed E-state index contributed by atoms with van der Waals surface area (Å²) in [5.74, 6) is -0.0528. The molecule has 0 bridgehead atoms. The second-order valence-corrected chi connectivity index (χ2v) is 5.66. The van der Waals surface area contributed by atoms with Crippen molar-refractivity contribution in [3.63, 3.8) is 0 Å². The van der Waals surface area contributed by atoms with Gasteiger partial charge in [-0.15, -0.1) is 0 Å². The Morgan fingerprint density at radius 3 is 2.87 bits per heavy atom. The summed E-state index contributed by atoms with van der Waals surface area (Å²) in [7, 11) is 0. The van der Waals surface area contributed by atoms with E-state index in [4.69, 9.17) is 4.74 Å². The molecule has 5 nitrogen and oxygen atoms in total. The minimum Gasteiger partial charge on any atom is -0.368 e. The summed E-state index contributed by atoms with van der Waals surface area (Å²) in [4.78, 5) is 16.2. The van der Waals surface area contributed by atoms with Gasteiger partial charge in [-0.3, -0.25) is 9.78 Å². The molecule has 0 saturated carbocycles. The van der Waals surface area contributed by atoms with Crippen molar-refractivity contribution in [1.82, 2.24) is 10.3 Å². The van der Waals surface area contributed by atoms with Gasteiger partial charge in [-0.2, -0.15) is 0 Å². The number of benzene rings is 1. The van der Waals surface area contributed by atoms with E-state index in [0.717, 1.165) is 42.7 Å². The Bertz CT molecular complexity index is 640. The number of hydrogen-bond acceptors (Lipinski definition) is 4. The molecule has 1 fully saturated rings. The van der Waals surface area contributed by atoms with Crippen LogP contribution in [0.4, 0.5) is 5.69 Å². The molecule has 1 aliphatic rings. The third-order valence-electron chi connectivity index (χ3n) is 3.80. The predicted octanol–water partition coefficient (Wildman–Crippen LogP) is 2.49. The number of hydrogen-bond donors (Lipinski definition) is 2. The molecule has 120 valence electrons. The summed E-state index contributed by atoms with van der Waals surface area (Å²) >= 11 is 0. The van der Waals surface area contributed by atoms with Gasteiger partial charge in [0.2, 0.25) is 0 Å². The maximum absolute atomic E-state index is 12.1. The number of aromatic nitrogens is 1. The van der Waals surface area contributed by atoms with Crippen LogP contribution in [0, 0.1) is 0 Å². The van der Waals surface area contributed by atoms with Crippen LogP contribution in [0.25, 0.3) is 0 Å². The fourth-order valence-electron chi connectivity index (χ4n) is 2.62. The number of amides is 1. The van der Waals surface area contributed by atoms with Gasteiger partial charge in [0.1, 0.15) is 6.10 Å². The quantitative estimate of drug-likeness (QED) is 0.860. The van der Waals surface area contributed by atoms with Gasteiger partial charge in [0.15, 0.2) is 0 Å². The summed E-state index contributed by atoms with van der Waals surface area (Å²) in [6.45, 7) is 2.18. The number of nitrogens with one attached hydrogen (secondary N) is 2. The molecule has 0 spiro atoms. The number of anilines is 1. The number of carbonyl (C=O) groups is 1. The Morgan fingerprint density at radius 1 is 1.22 bits per heavy atom. The van der Waals surface area contributed by atoms with E-state index in [1.54, 1.807) is 6.20 Å². The van der Waals surface area contributed by atoms with Crippen molar-refractivity contribution in [2.75, 3.05) is 11.9 Å². The topological polar surface area (TPSA) is 63.2 Å². The minimum atomic E-state index is -0.303. The lowest BCUT2D eigenvalue weighted by Crippen LogP contribution is -2.26. The van der Waals surface area contributed by atoms with Crippen LogP contribution >= 0.6 is 0 Å². The summed E-state index contributed by atoms with van der Waals surface area (Å²) in [6, 6.07) is 11.8. The first-order valence-electron chi connectivity index (χ1n) is 7.92. The molecule has 0 unspecified atom stereocenters. The maximum Gasteiger partial charge on any atom is 0.253 e. The van der Waals surface area contributed by atoms with Gasteiger partial charge in [-0.05, 0) is 42.2 Å². The lowest BCUT2D eigenvalue weighted by atomic mass is 10.1. The highest BCUT2D eigenvalue weighted by molar-refractivity contribution is 5.94. The standard InChI is InChI=1S/C18H21N3O2/c22-18(17-7-3-9-23-17)21-16-6-1-4-14(10-16)11-20-13-15-5-2-8-19-12-15/h1-2,4-6,8,10,12,17,20H,3,7,9,11,13H2,(H,21,22)/t17-/m1/s1. The summed E-state index contributed by atoms with van der Waals surface area (Å²) in [6.07, 6.45) is 5.08. The molecule has 2 N–H and O–H groups in total. The number of rotatable bonds is 6. The van der Waals surface area contributed by atoms with Gasteiger partial charge in [0, 0.05) is 37.8 Å². The molecule has 2 heterocycles. The van der Waals surface area contributed by atoms with Crippen LogP contribution < -0.4 is 10.6 Å². The zero-order valence-corrected chi connectivity index (χ0v) is 13.0. The Balaban J connectivity index is 1.51. The van der Waals surface area contributed by atoms with E-state index >= 15 is 0 Å². The third-order valence-corrected chi connectivity index (χ3v) is 3.80. The summed E-state index contributed by atoms with van der Waals surface area (Å²) < 4.78 is 5.40. The molecule has 0 aliphatic carbocycles. The molecule has 1 atom stereocenters. The number of ether oxygens (including phenoxy) is 1. The van der Waals surface area contributed by atoms with E-state index in [-0.39, 0.29) is 12.0 Å². The Labute approximate surface area is 136 Å². The normalized spacial score (nSPS) is 17.1. The lowest BCUT2D eigenvalue weighted by Gasteiger charge is -2.11. The first kappa shape index (κ1) is 15.6. The molecule has 1 aliphatic heterocycles. The van der Waals surface area contributed by atoms with Crippen LogP contribution in [0.1, 0.15) is 24.0 Å². The Morgan fingerprint density at radius 2 is 2.09 bits per heavy atom. The third kappa shape index (κ3) is 4.61. The largest absolute Gasteiger partial charge is 0.368 e. The smallest absolute Gasteiger partial charge is 0.253 e. The van der Waals surface area contributed by atoms with E-state index in [9.17, 15) is 4.79 Å². The molecule has 1 aromatic carbocycles. The predicted molar refractivity (Wildman–Crippen MR) is 88.8 cm³/mol. The number of pyridine rings is 1. The van der Waals surface area contributed by atoms with Crippen molar-refractivity contribution in [3.8, 4) is 0 Å². The molecular formula is C18H21N3O2. The molecular weight excluding hydrogens is 290 g/mol.